The molecular formula is C26H34. The lowest BCUT2D eigenvalue weighted by molar-refractivity contribution is 0.423. The molecule has 1 atom stereocenters. The summed E-state index contributed by atoms with van der Waals surface area (Å²) in [5.41, 5.74) is 6.92. The van der Waals surface area contributed by atoms with Crippen molar-refractivity contribution in [3.05, 3.63) is 65.7 Å². The molecule has 0 nitrogen and oxygen atoms in total. The van der Waals surface area contributed by atoms with Crippen molar-refractivity contribution >= 4 is 5.57 Å². The van der Waals surface area contributed by atoms with Crippen LogP contribution in [0.25, 0.3) is 16.7 Å². The Morgan fingerprint density at radius 3 is 2.00 bits per heavy atom. The maximum absolute atomic E-state index is 2.51. The average molecular weight is 347 g/mol. The van der Waals surface area contributed by atoms with Crippen molar-refractivity contribution < 1.29 is 0 Å². The Morgan fingerprint density at radius 1 is 0.769 bits per heavy atom. The Kier molecular flexibility index (Phi) is 7.12. The standard InChI is InChI=1S/C26H34/c1-3-4-5-6-7-8-22-11-15-24(16-12-22)26-19-17-25(18-20-26)23-13-9-21(2)10-14-23/h9-10,13-15,17-20,22H,3-8,11-12,16H2,1-2H3. The highest BCUT2D eigenvalue weighted by Crippen LogP contribution is 2.33. The van der Waals surface area contributed by atoms with Gasteiger partial charge in [-0.3, -0.25) is 0 Å². The Balaban J connectivity index is 1.53. The Morgan fingerprint density at radius 2 is 1.38 bits per heavy atom. The molecule has 0 spiro atoms. The minimum absolute atomic E-state index is 0.923. The van der Waals surface area contributed by atoms with E-state index in [1.54, 1.807) is 5.57 Å². The van der Waals surface area contributed by atoms with Gasteiger partial charge in [0.05, 0.1) is 0 Å². The van der Waals surface area contributed by atoms with Crippen molar-refractivity contribution in [1.82, 2.24) is 0 Å². The summed E-state index contributed by atoms with van der Waals surface area (Å²) in [6.07, 6.45) is 14.9. The van der Waals surface area contributed by atoms with Gasteiger partial charge in [0.15, 0.2) is 0 Å². The quantitative estimate of drug-likeness (QED) is 0.422. The second kappa shape index (κ2) is 9.76. The zero-order chi connectivity index (χ0) is 18.2. The fourth-order valence-electron chi connectivity index (χ4n) is 4.07. The van der Waals surface area contributed by atoms with Crippen molar-refractivity contribution in [2.24, 2.45) is 5.92 Å². The smallest absolute Gasteiger partial charge is 0.0184 e. The fraction of sp³-hybridized carbons (Fsp3) is 0.462. The molecule has 0 aliphatic heterocycles. The number of unbranched alkanes of at least 4 members (excludes halogenated alkanes) is 4. The molecule has 0 aromatic heterocycles. The monoisotopic (exact) mass is 346 g/mol. The van der Waals surface area contributed by atoms with Crippen molar-refractivity contribution in [2.75, 3.05) is 0 Å². The molecule has 1 unspecified atom stereocenters. The van der Waals surface area contributed by atoms with Crippen LogP contribution in [0.15, 0.2) is 54.6 Å². The van der Waals surface area contributed by atoms with E-state index in [2.05, 4.69) is 68.5 Å². The zero-order valence-electron chi connectivity index (χ0n) is 16.6. The lowest BCUT2D eigenvalue weighted by atomic mass is 9.83. The molecule has 138 valence electrons. The number of aryl methyl sites for hydroxylation is 1. The first-order valence-electron chi connectivity index (χ1n) is 10.6. The molecule has 0 saturated carbocycles. The van der Waals surface area contributed by atoms with Crippen LogP contribution in [0.5, 0.6) is 0 Å². The number of hydrogen-bond acceptors (Lipinski definition) is 0. The number of rotatable bonds is 8. The summed E-state index contributed by atoms with van der Waals surface area (Å²) in [7, 11) is 0. The number of benzene rings is 2. The van der Waals surface area contributed by atoms with Gasteiger partial charge in [-0.05, 0) is 54.4 Å². The van der Waals surface area contributed by atoms with Gasteiger partial charge in [0.1, 0.15) is 0 Å². The van der Waals surface area contributed by atoms with Crippen LogP contribution < -0.4 is 0 Å². The average Bonchev–Trinajstić information content (AvgIpc) is 2.69. The van der Waals surface area contributed by atoms with Gasteiger partial charge in [-0.15, -0.1) is 0 Å². The minimum Gasteiger partial charge on any atom is -0.0804 e. The van der Waals surface area contributed by atoms with Crippen LogP contribution in [0.1, 0.15) is 75.8 Å². The van der Waals surface area contributed by atoms with E-state index >= 15 is 0 Å². The van der Waals surface area contributed by atoms with E-state index in [1.165, 1.54) is 80.0 Å². The highest BCUT2D eigenvalue weighted by Gasteiger charge is 2.15. The first-order chi connectivity index (χ1) is 12.8. The first-order valence-corrected chi connectivity index (χ1v) is 10.6. The van der Waals surface area contributed by atoms with Crippen molar-refractivity contribution in [1.29, 1.82) is 0 Å². The van der Waals surface area contributed by atoms with Crippen LogP contribution in [-0.4, -0.2) is 0 Å². The molecule has 0 fully saturated rings. The molecule has 0 amide bonds. The van der Waals surface area contributed by atoms with Gasteiger partial charge in [-0.25, -0.2) is 0 Å². The van der Waals surface area contributed by atoms with Gasteiger partial charge in [-0.1, -0.05) is 106 Å². The lowest BCUT2D eigenvalue weighted by Gasteiger charge is -2.22. The van der Waals surface area contributed by atoms with Crippen LogP contribution >= 0.6 is 0 Å². The second-order valence-corrected chi connectivity index (χ2v) is 8.02. The van der Waals surface area contributed by atoms with Gasteiger partial charge in [-0.2, -0.15) is 0 Å². The van der Waals surface area contributed by atoms with Gasteiger partial charge < -0.3 is 0 Å². The van der Waals surface area contributed by atoms with Crippen molar-refractivity contribution in [3.8, 4) is 11.1 Å². The highest BCUT2D eigenvalue weighted by atomic mass is 14.2. The van der Waals surface area contributed by atoms with E-state index in [-0.39, 0.29) is 0 Å². The molecule has 1 aliphatic carbocycles. The van der Waals surface area contributed by atoms with Crippen LogP contribution in [0.2, 0.25) is 0 Å². The number of hydrogen-bond donors (Lipinski definition) is 0. The molecule has 0 bridgehead atoms. The minimum atomic E-state index is 0.923. The molecular weight excluding hydrogens is 312 g/mol. The summed E-state index contributed by atoms with van der Waals surface area (Å²) in [5, 5.41) is 0. The van der Waals surface area contributed by atoms with E-state index in [0.29, 0.717) is 0 Å². The highest BCUT2D eigenvalue weighted by molar-refractivity contribution is 5.71. The second-order valence-electron chi connectivity index (χ2n) is 8.02. The maximum Gasteiger partial charge on any atom is -0.0184 e. The summed E-state index contributed by atoms with van der Waals surface area (Å²) < 4.78 is 0. The zero-order valence-corrected chi connectivity index (χ0v) is 16.6. The molecule has 0 saturated heterocycles. The Labute approximate surface area is 160 Å². The van der Waals surface area contributed by atoms with Crippen molar-refractivity contribution in [3.63, 3.8) is 0 Å². The van der Waals surface area contributed by atoms with Crippen LogP contribution in [0.3, 0.4) is 0 Å². The topological polar surface area (TPSA) is 0 Å². The Hall–Kier alpha value is -1.82. The summed E-state index contributed by atoms with van der Waals surface area (Å²) in [4.78, 5) is 0. The molecule has 26 heavy (non-hydrogen) atoms. The van der Waals surface area contributed by atoms with Crippen molar-refractivity contribution in [2.45, 2.75) is 71.6 Å². The van der Waals surface area contributed by atoms with Gasteiger partial charge in [0.2, 0.25) is 0 Å². The summed E-state index contributed by atoms with van der Waals surface area (Å²) in [5.74, 6) is 0.923. The third-order valence-corrected chi connectivity index (χ3v) is 5.88. The molecule has 0 heteroatoms. The molecule has 0 N–H and O–H groups in total. The van der Waals surface area contributed by atoms with E-state index in [1.807, 2.05) is 0 Å². The van der Waals surface area contributed by atoms with Gasteiger partial charge >= 0.3 is 0 Å². The largest absolute Gasteiger partial charge is 0.0804 e. The van der Waals surface area contributed by atoms with E-state index < -0.39 is 0 Å². The normalized spacial score (nSPS) is 17.2. The summed E-state index contributed by atoms with van der Waals surface area (Å²) in [6.45, 7) is 4.43. The lowest BCUT2D eigenvalue weighted by Crippen LogP contribution is -2.05. The van der Waals surface area contributed by atoms with Gasteiger partial charge in [0.25, 0.3) is 0 Å². The first kappa shape index (κ1) is 19.0. The number of allylic oxidation sites excluding steroid dienone is 2. The molecule has 3 rings (SSSR count). The summed E-state index contributed by atoms with van der Waals surface area (Å²) >= 11 is 0. The fourth-order valence-corrected chi connectivity index (χ4v) is 4.07. The van der Waals surface area contributed by atoms with Crippen LogP contribution in [0, 0.1) is 12.8 Å². The van der Waals surface area contributed by atoms with Crippen LogP contribution in [0.4, 0.5) is 0 Å². The molecule has 0 radical (unpaired) electrons. The maximum atomic E-state index is 2.51. The Bertz CT molecular complexity index is 688. The third kappa shape index (κ3) is 5.34. The van der Waals surface area contributed by atoms with Crippen LogP contribution in [-0.2, 0) is 0 Å². The van der Waals surface area contributed by atoms with E-state index in [0.717, 1.165) is 5.92 Å². The predicted molar refractivity (Wildman–Crippen MR) is 115 cm³/mol. The molecule has 2 aromatic carbocycles. The predicted octanol–water partition coefficient (Wildman–Crippen LogP) is 8.21. The molecule has 0 heterocycles. The molecule has 1 aliphatic rings. The van der Waals surface area contributed by atoms with E-state index in [9.17, 15) is 0 Å². The van der Waals surface area contributed by atoms with Gasteiger partial charge in [0, 0.05) is 0 Å². The summed E-state index contributed by atoms with van der Waals surface area (Å²) in [6, 6.07) is 18.0. The SMILES string of the molecule is CCCCCCCC1CC=C(c2ccc(-c3ccc(C)cc3)cc2)CC1. The third-order valence-electron chi connectivity index (χ3n) is 5.88. The molecule has 2 aromatic rings. The van der Waals surface area contributed by atoms with E-state index in [4.69, 9.17) is 0 Å².